The average molecular weight is 219 g/mol. The molecule has 16 heavy (non-hydrogen) atoms. The predicted octanol–water partition coefficient (Wildman–Crippen LogP) is 1.17. The fourth-order valence-corrected chi connectivity index (χ4v) is 1.21. The molecule has 1 aromatic rings. The van der Waals surface area contributed by atoms with Crippen LogP contribution in [0.25, 0.3) is 0 Å². The number of hydrogen-bond acceptors (Lipinski definition) is 3. The van der Waals surface area contributed by atoms with E-state index in [1.54, 1.807) is 0 Å². The zero-order chi connectivity index (χ0) is 12.0. The second-order valence-electron chi connectivity index (χ2n) is 3.32. The lowest BCUT2D eigenvalue weighted by Gasteiger charge is -2.11. The van der Waals surface area contributed by atoms with Crippen molar-refractivity contribution in [3.05, 3.63) is 34.4 Å². The van der Waals surface area contributed by atoms with Crippen LogP contribution in [0.15, 0.2) is 27.6 Å². The molecule has 0 aliphatic carbocycles. The Morgan fingerprint density at radius 1 is 1.62 bits per heavy atom. The molecule has 1 heterocycles. The molecule has 1 aromatic heterocycles. The molecule has 1 rings (SSSR count). The van der Waals surface area contributed by atoms with Gasteiger partial charge in [0.25, 0.3) is 5.91 Å². The molecule has 4 nitrogen and oxygen atoms in total. The maximum absolute atomic E-state index is 11.6. The van der Waals surface area contributed by atoms with Crippen LogP contribution in [-0.2, 0) is 0 Å². The Balaban J connectivity index is 2.68. The summed E-state index contributed by atoms with van der Waals surface area (Å²) in [6.45, 7) is 1.98. The molecule has 0 spiro atoms. The topological polar surface area (TPSA) is 59.3 Å². The molecule has 4 heteroatoms. The zero-order valence-electron chi connectivity index (χ0n) is 9.03. The van der Waals surface area contributed by atoms with Crippen molar-refractivity contribution in [2.24, 2.45) is 0 Å². The molecule has 0 aliphatic rings. The van der Waals surface area contributed by atoms with Gasteiger partial charge < -0.3 is 9.73 Å². The standard InChI is InChI=1S/C12H13NO3/c1-3-5-10(4-2)13-12(15)9-6-7-11(14)16-8-9/h2,6-8,10H,3,5H2,1H3,(H,13,15). The summed E-state index contributed by atoms with van der Waals surface area (Å²) >= 11 is 0. The third-order valence-corrected chi connectivity index (χ3v) is 2.05. The minimum Gasteiger partial charge on any atom is -0.430 e. The van der Waals surface area contributed by atoms with E-state index in [0.29, 0.717) is 0 Å². The largest absolute Gasteiger partial charge is 0.430 e. The second kappa shape index (κ2) is 5.76. The van der Waals surface area contributed by atoms with E-state index in [9.17, 15) is 9.59 Å². The van der Waals surface area contributed by atoms with E-state index >= 15 is 0 Å². The Morgan fingerprint density at radius 2 is 2.38 bits per heavy atom. The molecule has 0 bridgehead atoms. The van der Waals surface area contributed by atoms with Crippen molar-refractivity contribution in [2.45, 2.75) is 25.8 Å². The number of amides is 1. The van der Waals surface area contributed by atoms with Crippen molar-refractivity contribution in [2.75, 3.05) is 0 Å². The van der Waals surface area contributed by atoms with Gasteiger partial charge in [0.1, 0.15) is 6.26 Å². The van der Waals surface area contributed by atoms with Crippen LogP contribution in [0.4, 0.5) is 0 Å². The van der Waals surface area contributed by atoms with Crippen LogP contribution >= 0.6 is 0 Å². The molecule has 1 unspecified atom stereocenters. The summed E-state index contributed by atoms with van der Waals surface area (Å²) in [5.74, 6) is 2.16. The summed E-state index contributed by atoms with van der Waals surface area (Å²) in [7, 11) is 0. The number of nitrogens with one attached hydrogen (secondary N) is 1. The Hall–Kier alpha value is -2.02. The molecule has 0 aromatic carbocycles. The van der Waals surface area contributed by atoms with E-state index in [2.05, 4.69) is 15.7 Å². The van der Waals surface area contributed by atoms with Gasteiger partial charge in [0, 0.05) is 6.07 Å². The van der Waals surface area contributed by atoms with Gasteiger partial charge in [0.05, 0.1) is 11.6 Å². The minimum atomic E-state index is -0.487. The molecule has 0 aliphatic heterocycles. The van der Waals surface area contributed by atoms with Gasteiger partial charge in [-0.05, 0) is 12.5 Å². The van der Waals surface area contributed by atoms with Gasteiger partial charge in [0.2, 0.25) is 0 Å². The fourth-order valence-electron chi connectivity index (χ4n) is 1.21. The number of hydrogen-bond donors (Lipinski definition) is 1. The van der Waals surface area contributed by atoms with Crippen molar-refractivity contribution in [1.82, 2.24) is 5.32 Å². The highest BCUT2D eigenvalue weighted by atomic mass is 16.4. The van der Waals surface area contributed by atoms with Gasteiger partial charge in [-0.3, -0.25) is 4.79 Å². The number of terminal acetylenes is 1. The van der Waals surface area contributed by atoms with Crippen LogP contribution in [0, 0.1) is 12.3 Å². The molecule has 0 saturated heterocycles. The van der Waals surface area contributed by atoms with E-state index in [-0.39, 0.29) is 17.5 Å². The summed E-state index contributed by atoms with van der Waals surface area (Å²) in [6.07, 6.45) is 8.00. The van der Waals surface area contributed by atoms with Gasteiger partial charge in [-0.15, -0.1) is 6.42 Å². The first-order valence-electron chi connectivity index (χ1n) is 5.03. The summed E-state index contributed by atoms with van der Waals surface area (Å²) in [4.78, 5) is 22.3. The normalized spacial score (nSPS) is 11.5. The van der Waals surface area contributed by atoms with E-state index in [0.717, 1.165) is 19.1 Å². The minimum absolute atomic E-state index is 0.288. The Bertz CT molecular complexity index is 436. The second-order valence-corrected chi connectivity index (χ2v) is 3.32. The Morgan fingerprint density at radius 3 is 2.88 bits per heavy atom. The molecule has 1 atom stereocenters. The highest BCUT2D eigenvalue weighted by Crippen LogP contribution is 1.99. The van der Waals surface area contributed by atoms with Crippen LogP contribution in [-0.4, -0.2) is 11.9 Å². The van der Waals surface area contributed by atoms with Crippen molar-refractivity contribution >= 4 is 5.91 Å². The summed E-state index contributed by atoms with van der Waals surface area (Å²) < 4.78 is 4.59. The molecule has 0 fully saturated rings. The fraction of sp³-hybridized carbons (Fsp3) is 0.333. The Kier molecular flexibility index (Phi) is 4.34. The van der Waals surface area contributed by atoms with E-state index in [1.807, 2.05) is 6.92 Å². The van der Waals surface area contributed by atoms with Crippen molar-refractivity contribution in [1.29, 1.82) is 0 Å². The third kappa shape index (κ3) is 3.28. The summed E-state index contributed by atoms with van der Waals surface area (Å²) in [5, 5.41) is 2.67. The van der Waals surface area contributed by atoms with Crippen LogP contribution in [0.2, 0.25) is 0 Å². The zero-order valence-corrected chi connectivity index (χ0v) is 9.03. The lowest BCUT2D eigenvalue weighted by atomic mass is 10.1. The highest BCUT2D eigenvalue weighted by molar-refractivity contribution is 5.94. The number of rotatable bonds is 4. The molecule has 1 amide bonds. The first kappa shape index (κ1) is 12.1. The number of carbonyl (C=O) groups is 1. The van der Waals surface area contributed by atoms with Crippen LogP contribution in [0.3, 0.4) is 0 Å². The van der Waals surface area contributed by atoms with Gasteiger partial charge in [-0.1, -0.05) is 19.3 Å². The quantitative estimate of drug-likeness (QED) is 0.773. The summed E-state index contributed by atoms with van der Waals surface area (Å²) in [5.41, 5.74) is -0.199. The predicted molar refractivity (Wildman–Crippen MR) is 60.0 cm³/mol. The van der Waals surface area contributed by atoms with E-state index in [1.165, 1.54) is 12.1 Å². The van der Waals surface area contributed by atoms with E-state index < -0.39 is 5.63 Å². The molecule has 1 N–H and O–H groups in total. The van der Waals surface area contributed by atoms with Crippen molar-refractivity contribution < 1.29 is 9.21 Å². The molecule has 0 saturated carbocycles. The molecule has 0 radical (unpaired) electrons. The lowest BCUT2D eigenvalue weighted by Crippen LogP contribution is -2.33. The van der Waals surface area contributed by atoms with Gasteiger partial charge in [0.15, 0.2) is 0 Å². The smallest absolute Gasteiger partial charge is 0.335 e. The van der Waals surface area contributed by atoms with Crippen molar-refractivity contribution in [3.8, 4) is 12.3 Å². The monoisotopic (exact) mass is 219 g/mol. The molecule has 84 valence electrons. The van der Waals surface area contributed by atoms with E-state index in [4.69, 9.17) is 6.42 Å². The van der Waals surface area contributed by atoms with Gasteiger partial charge in [-0.25, -0.2) is 4.79 Å². The lowest BCUT2D eigenvalue weighted by molar-refractivity contribution is 0.0942. The maximum Gasteiger partial charge on any atom is 0.335 e. The maximum atomic E-state index is 11.6. The SMILES string of the molecule is C#CC(CCC)NC(=O)c1ccc(=O)oc1. The number of carbonyl (C=O) groups excluding carboxylic acids is 1. The average Bonchev–Trinajstić information content (AvgIpc) is 2.29. The van der Waals surface area contributed by atoms with Gasteiger partial charge >= 0.3 is 5.63 Å². The first-order chi connectivity index (χ1) is 7.67. The first-order valence-corrected chi connectivity index (χ1v) is 5.03. The Labute approximate surface area is 93.7 Å². The third-order valence-electron chi connectivity index (χ3n) is 2.05. The molecular weight excluding hydrogens is 206 g/mol. The molecular formula is C12H13NO3. The van der Waals surface area contributed by atoms with Crippen molar-refractivity contribution in [3.63, 3.8) is 0 Å². The highest BCUT2D eigenvalue weighted by Gasteiger charge is 2.11. The van der Waals surface area contributed by atoms with Crippen LogP contribution in [0.5, 0.6) is 0 Å². The van der Waals surface area contributed by atoms with Crippen LogP contribution < -0.4 is 10.9 Å². The summed E-state index contributed by atoms with van der Waals surface area (Å²) in [6, 6.07) is 2.31. The van der Waals surface area contributed by atoms with Gasteiger partial charge in [-0.2, -0.15) is 0 Å². The van der Waals surface area contributed by atoms with Crippen LogP contribution in [0.1, 0.15) is 30.1 Å².